The molecule has 4 nitrogen and oxygen atoms in total. The zero-order chi connectivity index (χ0) is 15.0. The van der Waals surface area contributed by atoms with Crippen molar-refractivity contribution < 1.29 is 9.53 Å². The molecular weight excluding hydrogens is 264 g/mol. The van der Waals surface area contributed by atoms with Gasteiger partial charge < -0.3 is 15.4 Å². The van der Waals surface area contributed by atoms with E-state index in [0.29, 0.717) is 18.0 Å². The molecule has 0 fully saturated rings. The van der Waals surface area contributed by atoms with Crippen LogP contribution in [0.4, 0.5) is 11.4 Å². The zero-order valence-electron chi connectivity index (χ0n) is 12.2. The van der Waals surface area contributed by atoms with E-state index in [2.05, 4.69) is 0 Å². The Labute approximate surface area is 124 Å². The van der Waals surface area contributed by atoms with Gasteiger partial charge >= 0.3 is 0 Å². The second kappa shape index (κ2) is 4.81. The summed E-state index contributed by atoms with van der Waals surface area (Å²) < 4.78 is 5.81. The van der Waals surface area contributed by atoms with Crippen molar-refractivity contribution in [3.8, 4) is 5.75 Å². The predicted molar refractivity (Wildman–Crippen MR) is 83.2 cm³/mol. The van der Waals surface area contributed by atoms with Crippen LogP contribution in [0.25, 0.3) is 0 Å². The number of ether oxygens (including phenoxy) is 1. The second-order valence-electron chi connectivity index (χ2n) is 5.72. The molecule has 3 rings (SSSR count). The van der Waals surface area contributed by atoms with Crippen molar-refractivity contribution in [1.82, 2.24) is 0 Å². The van der Waals surface area contributed by atoms with Gasteiger partial charge in [0.25, 0.3) is 5.91 Å². The summed E-state index contributed by atoms with van der Waals surface area (Å²) in [6.45, 7) is 4.07. The third-order valence-electron chi connectivity index (χ3n) is 3.58. The zero-order valence-corrected chi connectivity index (χ0v) is 12.2. The maximum Gasteiger partial charge on any atom is 0.271 e. The summed E-state index contributed by atoms with van der Waals surface area (Å²) >= 11 is 0. The first kappa shape index (κ1) is 13.5. The van der Waals surface area contributed by atoms with E-state index in [-0.39, 0.29) is 5.91 Å². The molecule has 21 heavy (non-hydrogen) atoms. The van der Waals surface area contributed by atoms with Gasteiger partial charge in [0, 0.05) is 11.8 Å². The molecule has 0 spiro atoms. The van der Waals surface area contributed by atoms with Crippen LogP contribution < -0.4 is 15.4 Å². The molecule has 2 aromatic rings. The van der Waals surface area contributed by atoms with E-state index < -0.39 is 5.60 Å². The van der Waals surface area contributed by atoms with E-state index in [4.69, 9.17) is 10.5 Å². The summed E-state index contributed by atoms with van der Waals surface area (Å²) in [6.07, 6.45) is 0. The highest BCUT2D eigenvalue weighted by Crippen LogP contribution is 2.39. The summed E-state index contributed by atoms with van der Waals surface area (Å²) in [5, 5.41) is 0. The molecule has 0 bridgehead atoms. The highest BCUT2D eigenvalue weighted by Gasteiger charge is 2.40. The molecule has 0 saturated heterocycles. The average Bonchev–Trinajstić information content (AvgIpc) is 2.44. The van der Waals surface area contributed by atoms with Crippen molar-refractivity contribution in [2.24, 2.45) is 0 Å². The van der Waals surface area contributed by atoms with E-state index in [1.54, 1.807) is 30.9 Å². The lowest BCUT2D eigenvalue weighted by atomic mass is 10.0. The molecule has 1 heterocycles. The monoisotopic (exact) mass is 282 g/mol. The van der Waals surface area contributed by atoms with Crippen LogP contribution in [0.15, 0.2) is 48.5 Å². The van der Waals surface area contributed by atoms with Crippen LogP contribution in [0.5, 0.6) is 5.75 Å². The third kappa shape index (κ3) is 2.44. The molecule has 0 aliphatic carbocycles. The number of anilines is 2. The molecule has 0 aromatic heterocycles. The van der Waals surface area contributed by atoms with Gasteiger partial charge in [-0.3, -0.25) is 4.79 Å². The number of hydrogen-bond donors (Lipinski definition) is 1. The Bertz CT molecular complexity index is 680. The van der Waals surface area contributed by atoms with Gasteiger partial charge in [0.1, 0.15) is 5.75 Å². The topological polar surface area (TPSA) is 55.6 Å². The first-order valence-corrected chi connectivity index (χ1v) is 6.92. The van der Waals surface area contributed by atoms with Gasteiger partial charge in [-0.2, -0.15) is 0 Å². The number of fused-ring (bicyclic) bond motifs is 1. The minimum atomic E-state index is -0.893. The summed E-state index contributed by atoms with van der Waals surface area (Å²) in [5.74, 6) is 0.596. The van der Waals surface area contributed by atoms with Crippen molar-refractivity contribution in [3.63, 3.8) is 0 Å². The molecule has 2 aromatic carbocycles. The van der Waals surface area contributed by atoms with Gasteiger partial charge in [-0.05, 0) is 31.5 Å². The molecule has 1 aliphatic rings. The summed E-state index contributed by atoms with van der Waals surface area (Å²) in [7, 11) is 0. The molecule has 108 valence electrons. The molecule has 2 N–H and O–H groups in total. The molecule has 4 heteroatoms. The van der Waals surface area contributed by atoms with E-state index in [0.717, 1.165) is 11.3 Å². The number of nitrogens with two attached hydrogens (primary N) is 1. The second-order valence-corrected chi connectivity index (χ2v) is 5.72. The fourth-order valence-corrected chi connectivity index (χ4v) is 2.51. The van der Waals surface area contributed by atoms with E-state index in [9.17, 15) is 4.79 Å². The van der Waals surface area contributed by atoms with Crippen molar-refractivity contribution in [2.45, 2.75) is 26.0 Å². The van der Waals surface area contributed by atoms with Crippen molar-refractivity contribution in [1.29, 1.82) is 0 Å². The number of amides is 1. The Morgan fingerprint density at radius 3 is 2.57 bits per heavy atom. The summed E-state index contributed by atoms with van der Waals surface area (Å²) in [6, 6.07) is 15.3. The SMILES string of the molecule is CC1(C)Oc2cc(N)ccc2N(Cc2ccccc2)C1=O. The number of hydrogen-bond acceptors (Lipinski definition) is 3. The van der Waals surface area contributed by atoms with Gasteiger partial charge in [-0.25, -0.2) is 0 Å². The minimum absolute atomic E-state index is 0.0522. The quantitative estimate of drug-likeness (QED) is 0.862. The van der Waals surface area contributed by atoms with Gasteiger partial charge in [0.2, 0.25) is 0 Å². The Morgan fingerprint density at radius 2 is 1.86 bits per heavy atom. The highest BCUT2D eigenvalue weighted by atomic mass is 16.5. The van der Waals surface area contributed by atoms with Gasteiger partial charge in [-0.15, -0.1) is 0 Å². The molecule has 0 saturated carbocycles. The van der Waals surface area contributed by atoms with Crippen molar-refractivity contribution in [2.75, 3.05) is 10.6 Å². The third-order valence-corrected chi connectivity index (χ3v) is 3.58. The van der Waals surface area contributed by atoms with Crippen LogP contribution >= 0.6 is 0 Å². The van der Waals surface area contributed by atoms with Crippen LogP contribution in [0.1, 0.15) is 19.4 Å². The lowest BCUT2D eigenvalue weighted by molar-refractivity contribution is -0.132. The first-order chi connectivity index (χ1) is 9.97. The maximum absolute atomic E-state index is 12.7. The Morgan fingerprint density at radius 1 is 1.14 bits per heavy atom. The average molecular weight is 282 g/mol. The Kier molecular flexibility index (Phi) is 3.09. The normalized spacial score (nSPS) is 16.3. The molecule has 1 aliphatic heterocycles. The summed E-state index contributed by atoms with van der Waals surface area (Å²) in [5.41, 5.74) is 7.39. The van der Waals surface area contributed by atoms with E-state index in [1.165, 1.54) is 0 Å². The first-order valence-electron chi connectivity index (χ1n) is 6.92. The number of rotatable bonds is 2. The standard InChI is InChI=1S/C17H18N2O2/c1-17(2)16(20)19(11-12-6-4-3-5-7-12)14-9-8-13(18)10-15(14)21-17/h3-10H,11,18H2,1-2H3. The van der Waals surface area contributed by atoms with Crippen molar-refractivity contribution >= 4 is 17.3 Å². The molecule has 0 radical (unpaired) electrons. The van der Waals surface area contributed by atoms with Crippen molar-refractivity contribution in [3.05, 3.63) is 54.1 Å². The number of nitrogens with zero attached hydrogens (tertiary/aromatic N) is 1. The van der Waals surface area contributed by atoms with Gasteiger partial charge in [-0.1, -0.05) is 30.3 Å². The highest BCUT2D eigenvalue weighted by molar-refractivity contribution is 6.02. The van der Waals surface area contributed by atoms with Crippen LogP contribution in [0.3, 0.4) is 0 Å². The van der Waals surface area contributed by atoms with E-state index in [1.807, 2.05) is 36.4 Å². The lowest BCUT2D eigenvalue weighted by Crippen LogP contribution is -2.52. The van der Waals surface area contributed by atoms with Gasteiger partial charge in [0.15, 0.2) is 5.60 Å². The van der Waals surface area contributed by atoms with E-state index >= 15 is 0 Å². The molecule has 0 unspecified atom stereocenters. The van der Waals surface area contributed by atoms with Crippen LogP contribution in [0, 0.1) is 0 Å². The molecular formula is C17H18N2O2. The van der Waals surface area contributed by atoms with Gasteiger partial charge in [0.05, 0.1) is 12.2 Å². The fraction of sp³-hybridized carbons (Fsp3) is 0.235. The molecule has 0 atom stereocenters. The molecule has 1 amide bonds. The lowest BCUT2D eigenvalue weighted by Gasteiger charge is -2.39. The largest absolute Gasteiger partial charge is 0.476 e. The number of carbonyl (C=O) groups is 1. The van der Waals surface area contributed by atoms with Crippen LogP contribution in [-0.4, -0.2) is 11.5 Å². The van der Waals surface area contributed by atoms with Crippen LogP contribution in [-0.2, 0) is 11.3 Å². The smallest absolute Gasteiger partial charge is 0.271 e. The fourth-order valence-electron chi connectivity index (χ4n) is 2.51. The predicted octanol–water partition coefficient (Wildman–Crippen LogP) is 2.97. The number of carbonyl (C=O) groups excluding carboxylic acids is 1. The summed E-state index contributed by atoms with van der Waals surface area (Å²) in [4.78, 5) is 14.4. The Hall–Kier alpha value is -2.49. The van der Waals surface area contributed by atoms with Crippen LogP contribution in [0.2, 0.25) is 0 Å². The Balaban J connectivity index is 2.04. The minimum Gasteiger partial charge on any atom is -0.476 e. The number of benzene rings is 2. The number of nitrogen functional groups attached to an aromatic ring is 1. The maximum atomic E-state index is 12.7.